The summed E-state index contributed by atoms with van der Waals surface area (Å²) >= 11 is 0. The van der Waals surface area contributed by atoms with Gasteiger partial charge in [0.25, 0.3) is 0 Å². The first-order valence-electron chi connectivity index (χ1n) is 9.40. The van der Waals surface area contributed by atoms with Crippen LogP contribution in [0.5, 0.6) is 11.5 Å². The van der Waals surface area contributed by atoms with Gasteiger partial charge in [-0.3, -0.25) is 0 Å². The molecule has 148 valence electrons. The summed E-state index contributed by atoms with van der Waals surface area (Å²) in [6, 6.07) is 5.79. The van der Waals surface area contributed by atoms with Crippen molar-refractivity contribution >= 4 is 0 Å². The van der Waals surface area contributed by atoms with Crippen LogP contribution in [0.25, 0.3) is 0 Å². The molecular formula is C21H28O6. The number of fused-ring (bicyclic) bond motifs is 3. The number of hydrogen-bond donors (Lipinski definition) is 2. The first kappa shape index (κ1) is 18.7. The lowest BCUT2D eigenvalue weighted by molar-refractivity contribution is -0.236. The SMILES string of the molecule is C=CC[C@@]12C[C@H](OC)[C@@H](O)[C@](OC)([C@@H]1O)[C@@H](c1ccc3c(c1)OCO3)[C@@H]2C. The standard InChI is InChI=1S/C21H28O6/c1-5-8-20-10-16(24-3)18(22)21(25-4,19(20)23)17(12(20)2)13-6-7-14-15(9-13)27-11-26-14/h5-7,9,12,16-19,22-23H,1,8,10-11H2,2-4H3/t12-,16-,17+,18+,19+,20-,21-/m0/s1. The van der Waals surface area contributed by atoms with Gasteiger partial charge in [0.1, 0.15) is 11.7 Å². The van der Waals surface area contributed by atoms with Crippen molar-refractivity contribution in [3.8, 4) is 11.5 Å². The normalized spacial score (nSPS) is 42.3. The highest BCUT2D eigenvalue weighted by Crippen LogP contribution is 2.66. The molecule has 6 heteroatoms. The second-order valence-electron chi connectivity index (χ2n) is 7.99. The molecule has 6 nitrogen and oxygen atoms in total. The van der Waals surface area contributed by atoms with Crippen molar-refractivity contribution in [3.05, 3.63) is 36.4 Å². The number of aliphatic hydroxyl groups excluding tert-OH is 2. The van der Waals surface area contributed by atoms with Crippen LogP contribution in [0.4, 0.5) is 0 Å². The number of rotatable bonds is 5. The van der Waals surface area contributed by atoms with Crippen LogP contribution in [0.15, 0.2) is 30.9 Å². The van der Waals surface area contributed by atoms with Crippen LogP contribution in [0, 0.1) is 11.3 Å². The molecule has 2 aliphatic carbocycles. The van der Waals surface area contributed by atoms with Crippen molar-refractivity contribution < 1.29 is 29.2 Å². The molecule has 0 aromatic heterocycles. The minimum Gasteiger partial charge on any atom is -0.454 e. The van der Waals surface area contributed by atoms with Gasteiger partial charge >= 0.3 is 0 Å². The Morgan fingerprint density at radius 3 is 2.67 bits per heavy atom. The molecular weight excluding hydrogens is 348 g/mol. The number of aliphatic hydroxyl groups is 2. The van der Waals surface area contributed by atoms with Gasteiger partial charge in [0, 0.05) is 25.6 Å². The third kappa shape index (κ3) is 2.27. The molecule has 2 bridgehead atoms. The lowest BCUT2D eigenvalue weighted by Gasteiger charge is -2.50. The third-order valence-electron chi connectivity index (χ3n) is 7.20. The van der Waals surface area contributed by atoms with Gasteiger partial charge < -0.3 is 29.2 Å². The van der Waals surface area contributed by atoms with E-state index in [0.29, 0.717) is 24.3 Å². The number of ether oxygens (including phenoxy) is 4. The maximum atomic E-state index is 11.5. The zero-order valence-corrected chi connectivity index (χ0v) is 16.1. The van der Waals surface area contributed by atoms with E-state index in [1.165, 1.54) is 0 Å². The molecule has 2 saturated carbocycles. The Morgan fingerprint density at radius 2 is 2.00 bits per heavy atom. The molecule has 0 radical (unpaired) electrons. The van der Waals surface area contributed by atoms with E-state index >= 15 is 0 Å². The Morgan fingerprint density at radius 1 is 1.26 bits per heavy atom. The molecule has 7 atom stereocenters. The molecule has 1 aromatic carbocycles. The van der Waals surface area contributed by atoms with Crippen LogP contribution < -0.4 is 9.47 Å². The second-order valence-corrected chi connectivity index (χ2v) is 7.99. The minimum atomic E-state index is -1.17. The predicted molar refractivity (Wildman–Crippen MR) is 98.9 cm³/mol. The van der Waals surface area contributed by atoms with E-state index in [-0.39, 0.29) is 18.6 Å². The van der Waals surface area contributed by atoms with E-state index in [4.69, 9.17) is 18.9 Å². The van der Waals surface area contributed by atoms with Crippen molar-refractivity contribution in [2.45, 2.75) is 49.6 Å². The summed E-state index contributed by atoms with van der Waals surface area (Å²) in [5.74, 6) is 1.18. The Bertz CT molecular complexity index is 735. The largest absolute Gasteiger partial charge is 0.454 e. The quantitative estimate of drug-likeness (QED) is 0.768. The van der Waals surface area contributed by atoms with Gasteiger partial charge in [-0.25, -0.2) is 0 Å². The summed E-state index contributed by atoms with van der Waals surface area (Å²) in [6.45, 7) is 6.23. The highest BCUT2D eigenvalue weighted by Gasteiger charge is 2.73. The molecule has 0 saturated heterocycles. The summed E-state index contributed by atoms with van der Waals surface area (Å²) in [7, 11) is 3.15. The number of benzene rings is 1. The molecule has 0 amide bonds. The van der Waals surface area contributed by atoms with Crippen LogP contribution >= 0.6 is 0 Å². The number of hydrogen-bond acceptors (Lipinski definition) is 6. The zero-order valence-electron chi connectivity index (χ0n) is 16.1. The fraction of sp³-hybridized carbons (Fsp3) is 0.619. The molecule has 4 rings (SSSR count). The summed E-state index contributed by atoms with van der Waals surface area (Å²) < 4.78 is 22.6. The first-order chi connectivity index (χ1) is 13.0. The maximum Gasteiger partial charge on any atom is 0.231 e. The average molecular weight is 376 g/mol. The van der Waals surface area contributed by atoms with Crippen LogP contribution in [0.3, 0.4) is 0 Å². The molecule has 3 aliphatic rings. The van der Waals surface area contributed by atoms with Crippen LogP contribution in [-0.2, 0) is 9.47 Å². The smallest absolute Gasteiger partial charge is 0.231 e. The Labute approximate surface area is 159 Å². The highest BCUT2D eigenvalue weighted by atomic mass is 16.7. The van der Waals surface area contributed by atoms with E-state index in [0.717, 1.165) is 5.56 Å². The number of methoxy groups -OCH3 is 2. The Hall–Kier alpha value is -1.60. The lowest BCUT2D eigenvalue weighted by atomic mass is 9.65. The van der Waals surface area contributed by atoms with Crippen molar-refractivity contribution in [2.24, 2.45) is 11.3 Å². The van der Waals surface area contributed by atoms with Crippen LogP contribution in [0.1, 0.15) is 31.2 Å². The van der Waals surface area contributed by atoms with E-state index < -0.39 is 29.3 Å². The van der Waals surface area contributed by atoms with E-state index in [2.05, 4.69) is 13.5 Å². The predicted octanol–water partition coefficient (Wildman–Crippen LogP) is 2.24. The first-order valence-corrected chi connectivity index (χ1v) is 9.40. The van der Waals surface area contributed by atoms with Crippen LogP contribution in [0.2, 0.25) is 0 Å². The van der Waals surface area contributed by atoms with Crippen molar-refractivity contribution in [1.29, 1.82) is 0 Å². The van der Waals surface area contributed by atoms with Crippen molar-refractivity contribution in [3.63, 3.8) is 0 Å². The molecule has 0 unspecified atom stereocenters. The van der Waals surface area contributed by atoms with Gasteiger partial charge in [-0.2, -0.15) is 0 Å². The number of allylic oxidation sites excluding steroid dienone is 1. The molecule has 2 N–H and O–H groups in total. The molecule has 27 heavy (non-hydrogen) atoms. The lowest BCUT2D eigenvalue weighted by Crippen LogP contribution is -2.65. The zero-order chi connectivity index (χ0) is 19.4. The topological polar surface area (TPSA) is 77.4 Å². The van der Waals surface area contributed by atoms with E-state index in [1.807, 2.05) is 24.3 Å². The fourth-order valence-corrected chi connectivity index (χ4v) is 5.89. The summed E-state index contributed by atoms with van der Waals surface area (Å²) in [5, 5.41) is 22.7. The van der Waals surface area contributed by atoms with E-state index in [1.54, 1.807) is 14.2 Å². The van der Waals surface area contributed by atoms with Gasteiger partial charge in [0.05, 0.1) is 12.2 Å². The molecule has 1 aromatic rings. The Kier molecular flexibility index (Phi) is 4.50. The molecule has 2 fully saturated rings. The minimum absolute atomic E-state index is 0.0284. The summed E-state index contributed by atoms with van der Waals surface area (Å²) in [5.41, 5.74) is -0.706. The molecule has 1 heterocycles. The fourth-order valence-electron chi connectivity index (χ4n) is 5.89. The van der Waals surface area contributed by atoms with Crippen molar-refractivity contribution in [2.75, 3.05) is 21.0 Å². The summed E-state index contributed by atoms with van der Waals surface area (Å²) in [6.07, 6.45) is 0.779. The second kappa shape index (κ2) is 6.48. The molecule has 0 spiro atoms. The van der Waals surface area contributed by atoms with E-state index in [9.17, 15) is 10.2 Å². The average Bonchev–Trinajstić information content (AvgIpc) is 3.18. The van der Waals surface area contributed by atoms with Gasteiger partial charge in [-0.15, -0.1) is 6.58 Å². The van der Waals surface area contributed by atoms with Gasteiger partial charge in [-0.1, -0.05) is 19.1 Å². The molecule has 1 aliphatic heterocycles. The maximum absolute atomic E-state index is 11.5. The monoisotopic (exact) mass is 376 g/mol. The Balaban J connectivity index is 1.89. The van der Waals surface area contributed by atoms with Gasteiger partial charge in [0.2, 0.25) is 6.79 Å². The summed E-state index contributed by atoms with van der Waals surface area (Å²) in [4.78, 5) is 0. The van der Waals surface area contributed by atoms with Crippen LogP contribution in [-0.4, -0.2) is 55.1 Å². The van der Waals surface area contributed by atoms with Gasteiger partial charge in [0.15, 0.2) is 11.5 Å². The highest BCUT2D eigenvalue weighted by molar-refractivity contribution is 5.48. The van der Waals surface area contributed by atoms with Crippen molar-refractivity contribution in [1.82, 2.24) is 0 Å². The van der Waals surface area contributed by atoms with Gasteiger partial charge in [-0.05, 0) is 36.5 Å². The third-order valence-corrected chi connectivity index (χ3v) is 7.20.